The number of aryl methyl sites for hydroxylation is 1. The van der Waals surface area contributed by atoms with Gasteiger partial charge in [0, 0.05) is 12.1 Å². The fourth-order valence-electron chi connectivity index (χ4n) is 1.83. The highest BCUT2D eigenvalue weighted by atomic mass is 19.1. The number of halogens is 3. The van der Waals surface area contributed by atoms with Gasteiger partial charge < -0.3 is 14.5 Å². The molecule has 0 aliphatic rings. The van der Waals surface area contributed by atoms with Crippen LogP contribution in [0.1, 0.15) is 21.9 Å². The summed E-state index contributed by atoms with van der Waals surface area (Å²) in [6.07, 6.45) is 0. The van der Waals surface area contributed by atoms with Gasteiger partial charge in [-0.05, 0) is 13.0 Å². The Morgan fingerprint density at radius 1 is 1.24 bits per heavy atom. The third-order valence-electron chi connectivity index (χ3n) is 2.82. The lowest BCUT2D eigenvalue weighted by Crippen LogP contribution is -2.04. The van der Waals surface area contributed by atoms with E-state index in [0.717, 1.165) is 0 Å². The molecule has 0 fully saturated rings. The van der Waals surface area contributed by atoms with Crippen molar-refractivity contribution in [2.24, 2.45) is 0 Å². The normalized spacial score (nSPS) is 10.5. The molecule has 0 radical (unpaired) electrons. The molecule has 0 unspecified atom stereocenters. The van der Waals surface area contributed by atoms with Crippen molar-refractivity contribution in [1.29, 1.82) is 0 Å². The van der Waals surface area contributed by atoms with Gasteiger partial charge in [-0.3, -0.25) is 0 Å². The van der Waals surface area contributed by atoms with Crippen molar-refractivity contribution in [3.05, 3.63) is 52.7 Å². The minimum absolute atomic E-state index is 0.0721. The van der Waals surface area contributed by atoms with E-state index in [1.54, 1.807) is 6.92 Å². The summed E-state index contributed by atoms with van der Waals surface area (Å²) in [6.45, 7) is 1.49. The molecule has 21 heavy (non-hydrogen) atoms. The summed E-state index contributed by atoms with van der Waals surface area (Å²) < 4.78 is 49.5. The number of ether oxygens (including phenoxy) is 1. The first-order valence-corrected chi connectivity index (χ1v) is 5.98. The minimum atomic E-state index is -1.05. The number of carbonyl (C=O) groups excluding carboxylic acids is 1. The van der Waals surface area contributed by atoms with E-state index < -0.39 is 29.1 Å². The first-order valence-electron chi connectivity index (χ1n) is 5.98. The molecule has 0 amide bonds. The molecule has 0 saturated carbocycles. The zero-order valence-corrected chi connectivity index (χ0v) is 11.3. The van der Waals surface area contributed by atoms with Crippen molar-refractivity contribution in [3.63, 3.8) is 0 Å². The van der Waals surface area contributed by atoms with Crippen molar-refractivity contribution in [2.45, 2.75) is 13.5 Å². The fraction of sp³-hybridized carbons (Fsp3) is 0.214. The smallest absolute Gasteiger partial charge is 0.341 e. The molecule has 7 heteroatoms. The van der Waals surface area contributed by atoms with E-state index in [9.17, 15) is 18.0 Å². The first-order chi connectivity index (χ1) is 9.92. The lowest BCUT2D eigenvalue weighted by atomic mass is 10.2. The van der Waals surface area contributed by atoms with Crippen molar-refractivity contribution < 1.29 is 27.1 Å². The number of furan rings is 1. The Hall–Kier alpha value is -2.44. The van der Waals surface area contributed by atoms with Crippen LogP contribution in [0, 0.1) is 24.4 Å². The highest BCUT2D eigenvalue weighted by molar-refractivity contribution is 5.90. The Morgan fingerprint density at radius 2 is 1.86 bits per heavy atom. The van der Waals surface area contributed by atoms with Crippen molar-refractivity contribution >= 4 is 11.7 Å². The number of carbonyl (C=O) groups is 1. The number of benzene rings is 1. The third kappa shape index (κ3) is 3.18. The molecule has 2 aromatic rings. The van der Waals surface area contributed by atoms with Crippen LogP contribution in [0.5, 0.6) is 0 Å². The van der Waals surface area contributed by atoms with Crippen molar-refractivity contribution in [1.82, 2.24) is 0 Å². The van der Waals surface area contributed by atoms with Gasteiger partial charge in [0.25, 0.3) is 0 Å². The summed E-state index contributed by atoms with van der Waals surface area (Å²) in [7, 11) is 1.23. The molecule has 0 atom stereocenters. The van der Waals surface area contributed by atoms with Crippen molar-refractivity contribution in [3.8, 4) is 0 Å². The lowest BCUT2D eigenvalue weighted by Gasteiger charge is -2.07. The Labute approximate surface area is 118 Å². The second-order valence-electron chi connectivity index (χ2n) is 4.27. The second kappa shape index (κ2) is 5.90. The molecule has 1 N–H and O–H groups in total. The summed E-state index contributed by atoms with van der Waals surface area (Å²) in [5.74, 6) is -3.05. The minimum Gasteiger partial charge on any atom is -0.465 e. The summed E-state index contributed by atoms with van der Waals surface area (Å²) in [4.78, 5) is 11.4. The lowest BCUT2D eigenvalue weighted by molar-refractivity contribution is 0.0599. The van der Waals surface area contributed by atoms with E-state index in [2.05, 4.69) is 10.1 Å². The van der Waals surface area contributed by atoms with Crippen LogP contribution in [0.4, 0.5) is 18.9 Å². The maximum atomic E-state index is 13.4. The molecule has 1 heterocycles. The monoisotopic (exact) mass is 299 g/mol. The molecule has 0 aliphatic heterocycles. The molecule has 4 nitrogen and oxygen atoms in total. The van der Waals surface area contributed by atoms with Gasteiger partial charge in [0.2, 0.25) is 0 Å². The molecular weight excluding hydrogens is 287 g/mol. The number of esters is 1. The quantitative estimate of drug-likeness (QED) is 0.879. The average Bonchev–Trinajstić information content (AvgIpc) is 2.78. The molecule has 2 rings (SSSR count). The molecular formula is C14H12F3NO3. The maximum absolute atomic E-state index is 13.4. The van der Waals surface area contributed by atoms with Crippen LogP contribution in [-0.2, 0) is 11.3 Å². The van der Waals surface area contributed by atoms with E-state index in [-0.39, 0.29) is 17.9 Å². The predicted molar refractivity (Wildman–Crippen MR) is 68.4 cm³/mol. The summed E-state index contributed by atoms with van der Waals surface area (Å²) >= 11 is 0. The Morgan fingerprint density at radius 3 is 2.43 bits per heavy atom. The standard InChI is InChI=1S/C14H12F3NO3/c1-7-10(14(19)20-2)5-9(21-7)6-18-13-11(16)3-8(15)4-12(13)17/h3-5,18H,6H2,1-2H3. The number of rotatable bonds is 4. The maximum Gasteiger partial charge on any atom is 0.341 e. The number of nitrogens with one attached hydrogen (secondary N) is 1. The van der Waals surface area contributed by atoms with E-state index in [4.69, 9.17) is 4.42 Å². The summed E-state index contributed by atoms with van der Waals surface area (Å²) in [6, 6.07) is 2.55. The van der Waals surface area contributed by atoms with Crippen LogP contribution in [0.3, 0.4) is 0 Å². The van der Waals surface area contributed by atoms with Crippen LogP contribution in [0.15, 0.2) is 22.6 Å². The van der Waals surface area contributed by atoms with Crippen LogP contribution < -0.4 is 5.32 Å². The molecule has 0 bridgehead atoms. The molecule has 0 saturated heterocycles. The molecule has 0 aliphatic carbocycles. The highest BCUT2D eigenvalue weighted by Gasteiger charge is 2.16. The van der Waals surface area contributed by atoms with E-state index in [0.29, 0.717) is 17.9 Å². The van der Waals surface area contributed by atoms with Crippen LogP contribution in [-0.4, -0.2) is 13.1 Å². The van der Waals surface area contributed by atoms with Crippen molar-refractivity contribution in [2.75, 3.05) is 12.4 Å². The van der Waals surface area contributed by atoms with E-state index >= 15 is 0 Å². The molecule has 0 spiro atoms. The van der Waals surface area contributed by atoms with Crippen LogP contribution in [0.2, 0.25) is 0 Å². The van der Waals surface area contributed by atoms with Crippen LogP contribution in [0.25, 0.3) is 0 Å². The summed E-state index contributed by atoms with van der Waals surface area (Å²) in [5.41, 5.74) is -0.237. The average molecular weight is 299 g/mol. The topological polar surface area (TPSA) is 51.5 Å². The van der Waals surface area contributed by atoms with Gasteiger partial charge in [0.05, 0.1) is 13.7 Å². The SMILES string of the molecule is COC(=O)c1cc(CNc2c(F)cc(F)cc2F)oc1C. The van der Waals surface area contributed by atoms with Gasteiger partial charge in [-0.1, -0.05) is 0 Å². The Balaban J connectivity index is 2.16. The van der Waals surface area contributed by atoms with E-state index in [1.165, 1.54) is 13.2 Å². The molecule has 1 aromatic heterocycles. The zero-order valence-electron chi connectivity index (χ0n) is 11.3. The number of methoxy groups -OCH3 is 1. The Kier molecular flexibility index (Phi) is 4.21. The Bertz CT molecular complexity index is 659. The van der Waals surface area contributed by atoms with Gasteiger partial charge in [0.1, 0.15) is 28.6 Å². The van der Waals surface area contributed by atoms with Gasteiger partial charge >= 0.3 is 5.97 Å². The molecule has 1 aromatic carbocycles. The highest BCUT2D eigenvalue weighted by Crippen LogP contribution is 2.22. The third-order valence-corrected chi connectivity index (χ3v) is 2.82. The summed E-state index contributed by atoms with van der Waals surface area (Å²) in [5, 5.41) is 2.46. The number of hydrogen-bond donors (Lipinski definition) is 1. The van der Waals surface area contributed by atoms with E-state index in [1.807, 2.05) is 0 Å². The second-order valence-corrected chi connectivity index (χ2v) is 4.27. The first kappa shape index (κ1) is 15.0. The fourth-order valence-corrected chi connectivity index (χ4v) is 1.83. The van der Waals surface area contributed by atoms with Crippen LogP contribution >= 0.6 is 0 Å². The largest absolute Gasteiger partial charge is 0.465 e. The van der Waals surface area contributed by atoms with Gasteiger partial charge in [0.15, 0.2) is 11.6 Å². The van der Waals surface area contributed by atoms with Gasteiger partial charge in [-0.2, -0.15) is 0 Å². The van der Waals surface area contributed by atoms with Gasteiger partial charge in [-0.25, -0.2) is 18.0 Å². The number of anilines is 1. The zero-order chi connectivity index (χ0) is 15.6. The number of hydrogen-bond acceptors (Lipinski definition) is 4. The predicted octanol–water partition coefficient (Wildman–Crippen LogP) is 3.40. The molecule has 112 valence electrons. The van der Waals surface area contributed by atoms with Gasteiger partial charge in [-0.15, -0.1) is 0 Å².